The molecule has 102 valence electrons. The van der Waals surface area contributed by atoms with Gasteiger partial charge in [0.2, 0.25) is 0 Å². The molecule has 1 aliphatic carbocycles. The minimum absolute atomic E-state index is 0.0635. The average molecular weight is 268 g/mol. The van der Waals surface area contributed by atoms with E-state index in [-0.39, 0.29) is 10.7 Å². The van der Waals surface area contributed by atoms with Gasteiger partial charge >= 0.3 is 0 Å². The van der Waals surface area contributed by atoms with E-state index in [9.17, 15) is 4.79 Å². The molecule has 3 nitrogen and oxygen atoms in total. The van der Waals surface area contributed by atoms with E-state index in [1.165, 1.54) is 38.5 Å². The molecule has 1 saturated carbocycles. The van der Waals surface area contributed by atoms with Crippen molar-refractivity contribution in [2.75, 3.05) is 0 Å². The minimum Gasteiger partial charge on any atom is -0.362 e. The molecule has 0 aromatic carbocycles. The maximum Gasteiger partial charge on any atom is 0.264 e. The molecule has 0 aromatic rings. The van der Waals surface area contributed by atoms with Crippen molar-refractivity contribution in [3.8, 4) is 0 Å². The topological polar surface area (TPSA) is 41.5 Å². The lowest BCUT2D eigenvalue weighted by molar-refractivity contribution is -0.119. The number of aliphatic imine (C=N–C) groups is 1. The van der Waals surface area contributed by atoms with Crippen molar-refractivity contribution in [3.63, 3.8) is 0 Å². The number of amidine groups is 1. The third-order valence-electron chi connectivity index (χ3n) is 4.21. The summed E-state index contributed by atoms with van der Waals surface area (Å²) >= 11 is 1.66. The van der Waals surface area contributed by atoms with Crippen LogP contribution in [-0.4, -0.2) is 21.9 Å². The fourth-order valence-corrected chi connectivity index (χ4v) is 3.95. The molecule has 1 fully saturated rings. The van der Waals surface area contributed by atoms with Gasteiger partial charge in [0.1, 0.15) is 4.75 Å². The van der Waals surface area contributed by atoms with E-state index in [1.807, 2.05) is 0 Å². The lowest BCUT2D eigenvalue weighted by Gasteiger charge is -2.22. The second-order valence-electron chi connectivity index (χ2n) is 5.36. The molecule has 18 heavy (non-hydrogen) atoms. The fraction of sp³-hybridized carbons (Fsp3) is 0.857. The molecule has 0 aromatic heterocycles. The number of carbonyl (C=O) groups is 1. The molecular formula is C14H24N2OS. The van der Waals surface area contributed by atoms with Crippen LogP contribution in [0.25, 0.3) is 0 Å². The van der Waals surface area contributed by atoms with Crippen molar-refractivity contribution in [1.82, 2.24) is 5.32 Å². The van der Waals surface area contributed by atoms with Crippen molar-refractivity contribution in [2.45, 2.75) is 76.0 Å². The summed E-state index contributed by atoms with van der Waals surface area (Å²) in [4.78, 5) is 16.3. The van der Waals surface area contributed by atoms with Crippen molar-refractivity contribution in [1.29, 1.82) is 0 Å². The van der Waals surface area contributed by atoms with Crippen LogP contribution in [0.4, 0.5) is 0 Å². The normalized spacial score (nSPS) is 24.8. The Morgan fingerprint density at radius 2 is 1.83 bits per heavy atom. The van der Waals surface area contributed by atoms with Crippen LogP contribution in [0, 0.1) is 0 Å². The van der Waals surface area contributed by atoms with E-state index >= 15 is 0 Å². The summed E-state index contributed by atoms with van der Waals surface area (Å²) in [5.41, 5.74) is 0. The van der Waals surface area contributed by atoms with Crippen molar-refractivity contribution >= 4 is 22.8 Å². The monoisotopic (exact) mass is 268 g/mol. The molecule has 1 aliphatic heterocycles. The number of hydrogen-bond donors (Lipinski definition) is 1. The van der Waals surface area contributed by atoms with Gasteiger partial charge < -0.3 is 5.32 Å². The molecular weight excluding hydrogens is 244 g/mol. The summed E-state index contributed by atoms with van der Waals surface area (Å²) in [6.07, 6.45) is 9.48. The number of nitrogens with zero attached hydrogens (tertiary/aromatic N) is 1. The van der Waals surface area contributed by atoms with Crippen molar-refractivity contribution in [3.05, 3.63) is 0 Å². The Bertz CT molecular complexity index is 329. The molecule has 2 aliphatic rings. The zero-order valence-corrected chi connectivity index (χ0v) is 12.3. The van der Waals surface area contributed by atoms with E-state index < -0.39 is 0 Å². The summed E-state index contributed by atoms with van der Waals surface area (Å²) in [5, 5.41) is 4.37. The SMILES string of the molecule is CCC1(CC)SC(NC2CCCCCC2)=NC1=O. The van der Waals surface area contributed by atoms with Gasteiger partial charge in [-0.15, -0.1) is 0 Å². The highest BCUT2D eigenvalue weighted by Gasteiger charge is 2.42. The Morgan fingerprint density at radius 3 is 2.33 bits per heavy atom. The van der Waals surface area contributed by atoms with Gasteiger partial charge in [-0.1, -0.05) is 51.3 Å². The second-order valence-corrected chi connectivity index (χ2v) is 6.73. The van der Waals surface area contributed by atoms with Crippen molar-refractivity contribution in [2.24, 2.45) is 4.99 Å². The first-order valence-electron chi connectivity index (χ1n) is 7.29. The average Bonchev–Trinajstić information content (AvgIpc) is 2.56. The minimum atomic E-state index is -0.285. The summed E-state index contributed by atoms with van der Waals surface area (Å²) in [7, 11) is 0. The van der Waals surface area contributed by atoms with Crippen LogP contribution in [0.2, 0.25) is 0 Å². The van der Waals surface area contributed by atoms with E-state index in [2.05, 4.69) is 24.2 Å². The third-order valence-corrected chi connectivity index (χ3v) is 5.76. The van der Waals surface area contributed by atoms with E-state index in [0.29, 0.717) is 6.04 Å². The van der Waals surface area contributed by atoms with Gasteiger partial charge in [-0.3, -0.25) is 4.79 Å². The van der Waals surface area contributed by atoms with Crippen LogP contribution in [0.1, 0.15) is 65.2 Å². The number of carbonyl (C=O) groups excluding carboxylic acids is 1. The van der Waals surface area contributed by atoms with E-state index in [1.54, 1.807) is 11.8 Å². The van der Waals surface area contributed by atoms with Crippen LogP contribution in [0.15, 0.2) is 4.99 Å². The number of nitrogens with one attached hydrogen (secondary N) is 1. The third kappa shape index (κ3) is 2.90. The summed E-state index contributed by atoms with van der Waals surface area (Å²) in [6.45, 7) is 4.16. The first-order chi connectivity index (χ1) is 8.70. The zero-order chi connectivity index (χ0) is 13.0. The Kier molecular flexibility index (Phi) is 4.71. The Labute approximate surface area is 114 Å². The number of thioether (sulfide) groups is 1. The molecule has 1 N–H and O–H groups in total. The lowest BCUT2D eigenvalue weighted by Crippen LogP contribution is -2.34. The predicted octanol–water partition coefficient (Wildman–Crippen LogP) is 3.49. The molecule has 2 rings (SSSR count). The van der Waals surface area contributed by atoms with Gasteiger partial charge in [-0.2, -0.15) is 4.99 Å². The molecule has 0 bridgehead atoms. The zero-order valence-electron chi connectivity index (χ0n) is 11.5. The molecule has 1 heterocycles. The standard InChI is InChI=1S/C14H24N2OS/c1-3-14(4-2)12(17)16-13(18-14)15-11-9-7-5-6-8-10-11/h11H,3-10H2,1-2H3,(H,15,16,17). The number of amides is 1. The molecule has 1 amide bonds. The number of rotatable bonds is 3. The highest BCUT2D eigenvalue weighted by Crippen LogP contribution is 2.39. The molecule has 0 atom stereocenters. The Morgan fingerprint density at radius 1 is 1.22 bits per heavy atom. The van der Waals surface area contributed by atoms with Gasteiger partial charge in [0.05, 0.1) is 0 Å². The predicted molar refractivity (Wildman–Crippen MR) is 78.0 cm³/mol. The largest absolute Gasteiger partial charge is 0.362 e. The smallest absolute Gasteiger partial charge is 0.264 e. The Balaban J connectivity index is 1.95. The highest BCUT2D eigenvalue weighted by molar-refractivity contribution is 8.16. The Hall–Kier alpha value is -0.510. The van der Waals surface area contributed by atoms with Gasteiger partial charge in [0, 0.05) is 6.04 Å². The fourth-order valence-electron chi connectivity index (χ4n) is 2.80. The molecule has 0 radical (unpaired) electrons. The van der Waals surface area contributed by atoms with Gasteiger partial charge in [-0.25, -0.2) is 0 Å². The number of hydrogen-bond acceptors (Lipinski definition) is 3. The molecule has 0 saturated heterocycles. The van der Waals surface area contributed by atoms with Crippen LogP contribution < -0.4 is 5.32 Å². The van der Waals surface area contributed by atoms with E-state index in [4.69, 9.17) is 0 Å². The molecule has 0 spiro atoms. The van der Waals surface area contributed by atoms with Crippen molar-refractivity contribution < 1.29 is 4.79 Å². The molecule has 4 heteroatoms. The van der Waals surface area contributed by atoms with Crippen LogP contribution in [0.5, 0.6) is 0 Å². The first-order valence-corrected chi connectivity index (χ1v) is 8.10. The van der Waals surface area contributed by atoms with Gasteiger partial charge in [0.25, 0.3) is 5.91 Å². The first kappa shape index (κ1) is 13.9. The van der Waals surface area contributed by atoms with Gasteiger partial charge in [-0.05, 0) is 25.7 Å². The molecule has 0 unspecified atom stereocenters. The van der Waals surface area contributed by atoms with Crippen LogP contribution >= 0.6 is 11.8 Å². The van der Waals surface area contributed by atoms with Crippen LogP contribution in [0.3, 0.4) is 0 Å². The van der Waals surface area contributed by atoms with Gasteiger partial charge in [0.15, 0.2) is 5.17 Å². The summed E-state index contributed by atoms with van der Waals surface area (Å²) in [6, 6.07) is 0.524. The van der Waals surface area contributed by atoms with Crippen LogP contribution in [-0.2, 0) is 4.79 Å². The highest BCUT2D eigenvalue weighted by atomic mass is 32.2. The maximum atomic E-state index is 12.0. The maximum absolute atomic E-state index is 12.0. The second kappa shape index (κ2) is 6.09. The summed E-state index contributed by atoms with van der Waals surface area (Å²) in [5.74, 6) is 0.0635. The van der Waals surface area contributed by atoms with E-state index in [0.717, 1.165) is 18.0 Å². The quantitative estimate of drug-likeness (QED) is 0.797. The lowest BCUT2D eigenvalue weighted by atomic mass is 10.0. The summed E-state index contributed by atoms with van der Waals surface area (Å²) < 4.78 is -0.285.